The topological polar surface area (TPSA) is 78.9 Å². The molecule has 3 aromatic carbocycles. The van der Waals surface area contributed by atoms with E-state index in [1.165, 1.54) is 0 Å². The molecule has 0 aliphatic carbocycles. The van der Waals surface area contributed by atoms with Crippen LogP contribution in [0.5, 0.6) is 5.75 Å². The highest BCUT2D eigenvalue weighted by Crippen LogP contribution is 2.47. The molecule has 0 saturated carbocycles. The minimum atomic E-state index is -1.05. The fourth-order valence-corrected chi connectivity index (χ4v) is 7.00. The highest BCUT2D eigenvalue weighted by Gasteiger charge is 2.50. The maximum absolute atomic E-state index is 14.3. The molecule has 1 heterocycles. The molecule has 2 unspecified atom stereocenters. The van der Waals surface area contributed by atoms with Crippen molar-refractivity contribution in [2.45, 2.75) is 75.9 Å². The molecule has 0 radical (unpaired) electrons. The van der Waals surface area contributed by atoms with Crippen LogP contribution in [0.3, 0.4) is 0 Å². The van der Waals surface area contributed by atoms with Gasteiger partial charge < -0.3 is 15.2 Å². The number of carbonyl (C=O) groups is 2. The summed E-state index contributed by atoms with van der Waals surface area (Å²) in [4.78, 5) is 28.7. The second kappa shape index (κ2) is 14.1. The minimum absolute atomic E-state index is 0.0124. The van der Waals surface area contributed by atoms with E-state index >= 15 is 0 Å². The maximum Gasteiger partial charge on any atom is 0.304 e. The van der Waals surface area contributed by atoms with Gasteiger partial charge in [-0.25, -0.2) is 0 Å². The van der Waals surface area contributed by atoms with Crippen LogP contribution in [0.25, 0.3) is 0 Å². The van der Waals surface area contributed by atoms with Crippen LogP contribution in [0.1, 0.15) is 75.5 Å². The number of piperidine rings is 1. The first-order valence-corrected chi connectivity index (χ1v) is 15.8. The van der Waals surface area contributed by atoms with Crippen molar-refractivity contribution in [3.05, 3.63) is 99.5 Å². The number of hydrogen-bond acceptors (Lipinski definition) is 4. The number of likely N-dealkylation sites (N-methyl/N-ethyl adjacent to an activating group) is 1. The zero-order valence-corrected chi connectivity index (χ0v) is 26.9. The number of nitrogens with zero attached hydrogens (tertiary/aromatic N) is 1. The Bertz CT molecular complexity index is 1410. The van der Waals surface area contributed by atoms with Crippen molar-refractivity contribution < 1.29 is 19.4 Å². The average Bonchev–Trinajstić information content (AvgIpc) is 2.99. The average molecular weight is 626 g/mol. The third-order valence-corrected chi connectivity index (χ3v) is 9.61. The number of carboxylic acids is 1. The van der Waals surface area contributed by atoms with Gasteiger partial charge >= 0.3 is 5.97 Å². The monoisotopic (exact) mass is 624 g/mol. The van der Waals surface area contributed by atoms with Crippen molar-refractivity contribution in [1.29, 1.82) is 0 Å². The van der Waals surface area contributed by atoms with E-state index in [-0.39, 0.29) is 24.3 Å². The number of carbonyl (C=O) groups excluding carboxylic acids is 1. The second-order valence-corrected chi connectivity index (χ2v) is 12.6. The second-order valence-electron chi connectivity index (χ2n) is 11.8. The van der Waals surface area contributed by atoms with E-state index in [1.807, 2.05) is 86.6 Å². The summed E-state index contributed by atoms with van der Waals surface area (Å²) in [5, 5.41) is 13.9. The molecule has 1 saturated heterocycles. The smallest absolute Gasteiger partial charge is 0.304 e. The normalized spacial score (nSPS) is 17.2. The van der Waals surface area contributed by atoms with Crippen molar-refractivity contribution in [2.24, 2.45) is 0 Å². The van der Waals surface area contributed by atoms with Gasteiger partial charge in [-0.15, -0.1) is 0 Å². The predicted molar refractivity (Wildman–Crippen MR) is 173 cm³/mol. The number of ether oxygens (including phenoxy) is 1. The van der Waals surface area contributed by atoms with E-state index in [9.17, 15) is 14.7 Å². The standard InChI is InChI=1S/C35H42Cl2N2O4/c1-5-25(26-14-15-30(36)31(37)20-26)22-35(33(42)38-4,28-12-9-13-29(21-28)43-24(2)3)39-18-16-34(17-19-39,23-32(40)41)27-10-7-6-8-11-27/h6-15,20-21,24-25H,5,16-19,22-23H2,1-4H3,(H,38,42)(H,40,41). The molecule has 2 N–H and O–H groups in total. The SMILES string of the molecule is CCC(CC(C(=O)NC)(c1cccc(OC(C)C)c1)N1CCC(CC(=O)O)(c2ccccc2)CC1)c1ccc(Cl)c(Cl)c1. The van der Waals surface area contributed by atoms with Crippen LogP contribution in [0.15, 0.2) is 72.8 Å². The molecule has 6 nitrogen and oxygen atoms in total. The number of aliphatic carboxylic acids is 1. The van der Waals surface area contributed by atoms with Crippen molar-refractivity contribution in [2.75, 3.05) is 20.1 Å². The van der Waals surface area contributed by atoms with Gasteiger partial charge in [-0.05, 0) is 86.4 Å². The zero-order valence-electron chi connectivity index (χ0n) is 25.4. The van der Waals surface area contributed by atoms with E-state index < -0.39 is 16.9 Å². The molecule has 3 aromatic rings. The van der Waals surface area contributed by atoms with Crippen LogP contribution in [0.4, 0.5) is 0 Å². The number of nitrogens with one attached hydrogen (secondary N) is 1. The number of rotatable bonds is 12. The third-order valence-electron chi connectivity index (χ3n) is 8.87. The van der Waals surface area contributed by atoms with Crippen LogP contribution in [0, 0.1) is 0 Å². The molecule has 0 bridgehead atoms. The molecule has 0 aromatic heterocycles. The minimum Gasteiger partial charge on any atom is -0.491 e. The van der Waals surface area contributed by atoms with Crippen molar-refractivity contribution in [3.63, 3.8) is 0 Å². The first-order chi connectivity index (χ1) is 20.5. The van der Waals surface area contributed by atoms with Crippen molar-refractivity contribution in [1.82, 2.24) is 10.2 Å². The summed E-state index contributed by atoms with van der Waals surface area (Å²) in [5.74, 6) is -0.247. The predicted octanol–water partition coefficient (Wildman–Crippen LogP) is 7.81. The molecular formula is C35H42Cl2N2O4. The number of halogens is 2. The quantitative estimate of drug-likeness (QED) is 0.215. The van der Waals surface area contributed by atoms with Gasteiger partial charge in [0.2, 0.25) is 5.91 Å². The van der Waals surface area contributed by atoms with Crippen LogP contribution in [-0.4, -0.2) is 48.1 Å². The number of carboxylic acid groups (broad SMARTS) is 1. The molecule has 1 aliphatic rings. The lowest BCUT2D eigenvalue weighted by molar-refractivity contribution is -0.141. The van der Waals surface area contributed by atoms with Gasteiger partial charge in [0.15, 0.2) is 0 Å². The molecule has 230 valence electrons. The van der Waals surface area contributed by atoms with Gasteiger partial charge in [-0.1, -0.05) is 78.7 Å². The number of hydrogen-bond donors (Lipinski definition) is 2. The van der Waals surface area contributed by atoms with Crippen LogP contribution in [0.2, 0.25) is 10.0 Å². The Morgan fingerprint density at radius 3 is 2.28 bits per heavy atom. The number of amides is 1. The first kappa shape index (κ1) is 32.8. The maximum atomic E-state index is 14.3. The fraction of sp³-hybridized carbons (Fsp3) is 0.429. The van der Waals surface area contributed by atoms with Crippen LogP contribution in [-0.2, 0) is 20.5 Å². The Hall–Kier alpha value is -3.06. The largest absolute Gasteiger partial charge is 0.491 e. The van der Waals surface area contributed by atoms with E-state index in [2.05, 4.69) is 17.1 Å². The molecule has 0 spiro atoms. The molecule has 43 heavy (non-hydrogen) atoms. The Balaban J connectivity index is 1.83. The number of likely N-dealkylation sites (tertiary alicyclic amines) is 1. The van der Waals surface area contributed by atoms with Gasteiger partial charge in [-0.3, -0.25) is 14.5 Å². The third kappa shape index (κ3) is 7.19. The molecule has 1 fully saturated rings. The Morgan fingerprint density at radius 1 is 1.00 bits per heavy atom. The first-order valence-electron chi connectivity index (χ1n) is 15.0. The van der Waals surface area contributed by atoms with E-state index in [1.54, 1.807) is 7.05 Å². The summed E-state index contributed by atoms with van der Waals surface area (Å²) in [6.45, 7) is 7.16. The number of benzene rings is 3. The van der Waals surface area contributed by atoms with E-state index in [0.29, 0.717) is 48.1 Å². The van der Waals surface area contributed by atoms with Gasteiger partial charge in [0.1, 0.15) is 11.3 Å². The molecule has 1 amide bonds. The lowest BCUT2D eigenvalue weighted by Gasteiger charge is -2.50. The zero-order chi connectivity index (χ0) is 31.2. The van der Waals surface area contributed by atoms with Crippen LogP contribution < -0.4 is 10.1 Å². The fourth-order valence-electron chi connectivity index (χ4n) is 6.69. The summed E-state index contributed by atoms with van der Waals surface area (Å²) in [5.41, 5.74) is 1.31. The van der Waals surface area contributed by atoms with Gasteiger partial charge in [0.25, 0.3) is 0 Å². The van der Waals surface area contributed by atoms with Crippen LogP contribution >= 0.6 is 23.2 Å². The van der Waals surface area contributed by atoms with Crippen molar-refractivity contribution >= 4 is 35.1 Å². The molecule has 2 atom stereocenters. The molecule has 8 heteroatoms. The van der Waals surface area contributed by atoms with Crippen molar-refractivity contribution in [3.8, 4) is 5.75 Å². The summed E-state index contributed by atoms with van der Waals surface area (Å²) in [7, 11) is 1.67. The Morgan fingerprint density at radius 2 is 1.70 bits per heavy atom. The Kier molecular flexibility index (Phi) is 10.8. The van der Waals surface area contributed by atoms with E-state index in [0.717, 1.165) is 23.1 Å². The van der Waals surface area contributed by atoms with E-state index in [4.69, 9.17) is 27.9 Å². The van der Waals surface area contributed by atoms with Gasteiger partial charge in [-0.2, -0.15) is 0 Å². The lowest BCUT2D eigenvalue weighted by atomic mass is 9.68. The highest BCUT2D eigenvalue weighted by molar-refractivity contribution is 6.42. The molecule has 4 rings (SSSR count). The summed E-state index contributed by atoms with van der Waals surface area (Å²) >= 11 is 12.7. The lowest BCUT2D eigenvalue weighted by Crippen LogP contribution is -2.60. The summed E-state index contributed by atoms with van der Waals surface area (Å²) in [6.07, 6.45) is 2.49. The molecule has 1 aliphatic heterocycles. The van der Waals surface area contributed by atoms with Gasteiger partial charge in [0, 0.05) is 25.6 Å². The molecular weight excluding hydrogens is 583 g/mol. The van der Waals surface area contributed by atoms with Gasteiger partial charge in [0.05, 0.1) is 22.6 Å². The summed E-state index contributed by atoms with van der Waals surface area (Å²) < 4.78 is 6.08. The summed E-state index contributed by atoms with van der Waals surface area (Å²) in [6, 6.07) is 23.4. The Labute approximate surface area is 265 Å². The highest BCUT2D eigenvalue weighted by atomic mass is 35.5.